The summed E-state index contributed by atoms with van der Waals surface area (Å²) in [6.07, 6.45) is 1.59. The normalized spacial score (nSPS) is 10.4. The molecule has 0 amide bonds. The minimum Gasteiger partial charge on any atom is -0.504 e. The maximum atomic E-state index is 9.60. The van der Waals surface area contributed by atoms with Gasteiger partial charge in [0.15, 0.2) is 11.5 Å². The van der Waals surface area contributed by atoms with Crippen molar-refractivity contribution in [2.45, 2.75) is 13.1 Å². The summed E-state index contributed by atoms with van der Waals surface area (Å²) >= 11 is 0. The average molecular weight is 247 g/mol. The van der Waals surface area contributed by atoms with Gasteiger partial charge in [0.1, 0.15) is 0 Å². The average Bonchev–Trinajstić information content (AvgIpc) is 2.40. The Labute approximate surface area is 104 Å². The fourth-order valence-electron chi connectivity index (χ4n) is 1.51. The van der Waals surface area contributed by atoms with Gasteiger partial charge in [-0.1, -0.05) is 6.07 Å². The van der Waals surface area contributed by atoms with E-state index in [1.807, 2.05) is 6.07 Å². The zero-order valence-electron chi connectivity index (χ0n) is 9.54. The first kappa shape index (κ1) is 12.1. The number of phenolic OH excluding ortho intramolecular Hbond substituents is 3. The number of aromatic hydroxyl groups is 3. The Morgan fingerprint density at radius 3 is 2.56 bits per heavy atom. The number of phenols is 3. The molecule has 94 valence electrons. The van der Waals surface area contributed by atoms with Gasteiger partial charge < -0.3 is 20.6 Å². The van der Waals surface area contributed by atoms with Gasteiger partial charge in [-0.3, -0.25) is 0 Å². The molecule has 0 unspecified atom stereocenters. The first-order valence-corrected chi connectivity index (χ1v) is 5.38. The molecule has 6 heteroatoms. The summed E-state index contributed by atoms with van der Waals surface area (Å²) in [7, 11) is 0. The Bertz CT molecular complexity index is 532. The molecule has 18 heavy (non-hydrogen) atoms. The smallest absolute Gasteiger partial charge is 0.200 e. The molecule has 0 saturated heterocycles. The van der Waals surface area contributed by atoms with Crippen LogP contribution in [0.25, 0.3) is 0 Å². The van der Waals surface area contributed by atoms with E-state index in [-0.39, 0.29) is 11.5 Å². The van der Waals surface area contributed by atoms with Crippen molar-refractivity contribution in [1.82, 2.24) is 15.5 Å². The van der Waals surface area contributed by atoms with Gasteiger partial charge in [-0.15, -0.1) is 0 Å². The van der Waals surface area contributed by atoms with Crippen LogP contribution in [0, 0.1) is 0 Å². The third-order valence-corrected chi connectivity index (χ3v) is 2.46. The zero-order chi connectivity index (χ0) is 13.0. The molecule has 0 spiro atoms. The van der Waals surface area contributed by atoms with Gasteiger partial charge in [0.2, 0.25) is 5.75 Å². The highest BCUT2D eigenvalue weighted by molar-refractivity contribution is 5.52. The third-order valence-electron chi connectivity index (χ3n) is 2.46. The minimum absolute atomic E-state index is 0.318. The van der Waals surface area contributed by atoms with E-state index in [1.165, 1.54) is 12.1 Å². The molecule has 0 fully saturated rings. The fraction of sp³-hybridized carbons (Fsp3) is 0.167. The lowest BCUT2D eigenvalue weighted by molar-refractivity contribution is 0.364. The van der Waals surface area contributed by atoms with Gasteiger partial charge in [-0.25, -0.2) is 0 Å². The summed E-state index contributed by atoms with van der Waals surface area (Å²) < 4.78 is 0. The molecule has 2 aromatic rings. The molecule has 0 saturated carbocycles. The number of nitrogens with one attached hydrogen (secondary N) is 1. The maximum absolute atomic E-state index is 9.60. The summed E-state index contributed by atoms with van der Waals surface area (Å²) in [6, 6.07) is 6.48. The summed E-state index contributed by atoms with van der Waals surface area (Å²) in [4.78, 5) is 0. The third kappa shape index (κ3) is 2.67. The van der Waals surface area contributed by atoms with E-state index in [0.29, 0.717) is 18.7 Å². The Balaban J connectivity index is 1.97. The van der Waals surface area contributed by atoms with Crippen LogP contribution in [-0.4, -0.2) is 25.5 Å². The topological polar surface area (TPSA) is 98.5 Å². The molecule has 1 heterocycles. The number of hydrogen-bond donors (Lipinski definition) is 4. The van der Waals surface area contributed by atoms with Crippen molar-refractivity contribution in [1.29, 1.82) is 0 Å². The maximum Gasteiger partial charge on any atom is 0.200 e. The van der Waals surface area contributed by atoms with Crippen molar-refractivity contribution in [3.8, 4) is 17.2 Å². The molecule has 0 radical (unpaired) electrons. The minimum atomic E-state index is -0.506. The summed E-state index contributed by atoms with van der Waals surface area (Å²) in [6.45, 7) is 0.838. The van der Waals surface area contributed by atoms with Crippen molar-refractivity contribution in [2.24, 2.45) is 0 Å². The van der Waals surface area contributed by atoms with Crippen molar-refractivity contribution in [2.75, 3.05) is 0 Å². The molecule has 0 atom stereocenters. The molecule has 6 nitrogen and oxygen atoms in total. The van der Waals surface area contributed by atoms with Crippen LogP contribution in [0.2, 0.25) is 0 Å². The second-order valence-electron chi connectivity index (χ2n) is 3.76. The highest BCUT2D eigenvalue weighted by atomic mass is 16.3. The van der Waals surface area contributed by atoms with E-state index in [9.17, 15) is 15.3 Å². The predicted octanol–water partition coefficient (Wildman–Crippen LogP) is 0.883. The number of benzene rings is 1. The molecular weight excluding hydrogens is 234 g/mol. The molecule has 4 N–H and O–H groups in total. The standard InChI is InChI=1S/C12H13N3O3/c16-10-4-3-8(11(17)12(10)18)6-13-7-9-2-1-5-14-15-9/h1-5,13,16-18H,6-7H2. The number of rotatable bonds is 4. The molecule has 0 aliphatic rings. The second-order valence-corrected chi connectivity index (χ2v) is 3.76. The Hall–Kier alpha value is -2.34. The van der Waals surface area contributed by atoms with Crippen LogP contribution < -0.4 is 5.32 Å². The number of nitrogens with zero attached hydrogens (tertiary/aromatic N) is 2. The van der Waals surface area contributed by atoms with Crippen molar-refractivity contribution >= 4 is 0 Å². The van der Waals surface area contributed by atoms with E-state index in [4.69, 9.17) is 0 Å². The van der Waals surface area contributed by atoms with Crippen LogP contribution in [-0.2, 0) is 13.1 Å². The predicted molar refractivity (Wildman–Crippen MR) is 64.0 cm³/mol. The molecule has 0 aliphatic carbocycles. The van der Waals surface area contributed by atoms with E-state index in [0.717, 1.165) is 5.69 Å². The summed E-state index contributed by atoms with van der Waals surface area (Å²) in [5.41, 5.74) is 1.27. The van der Waals surface area contributed by atoms with E-state index in [1.54, 1.807) is 12.3 Å². The highest BCUT2D eigenvalue weighted by Gasteiger charge is 2.10. The molecule has 1 aromatic carbocycles. The van der Waals surface area contributed by atoms with Crippen LogP contribution in [0.15, 0.2) is 30.5 Å². The molecule has 2 rings (SSSR count). The molecule has 0 aliphatic heterocycles. The molecule has 0 bridgehead atoms. The summed E-state index contributed by atoms with van der Waals surface area (Å²) in [5.74, 6) is -1.17. The van der Waals surface area contributed by atoms with Crippen molar-refractivity contribution < 1.29 is 15.3 Å². The van der Waals surface area contributed by atoms with Gasteiger partial charge in [0.05, 0.1) is 5.69 Å². The second kappa shape index (κ2) is 5.33. The van der Waals surface area contributed by atoms with Crippen LogP contribution in [0.5, 0.6) is 17.2 Å². The SMILES string of the molecule is Oc1ccc(CNCc2cccnn2)c(O)c1O. The first-order valence-electron chi connectivity index (χ1n) is 5.38. The Kier molecular flexibility index (Phi) is 3.59. The Morgan fingerprint density at radius 1 is 1.00 bits per heavy atom. The Morgan fingerprint density at radius 2 is 1.83 bits per heavy atom. The number of hydrogen-bond acceptors (Lipinski definition) is 6. The zero-order valence-corrected chi connectivity index (χ0v) is 9.54. The van der Waals surface area contributed by atoms with Gasteiger partial charge in [0.25, 0.3) is 0 Å². The van der Waals surface area contributed by atoms with Crippen molar-refractivity contribution in [3.05, 3.63) is 41.7 Å². The van der Waals surface area contributed by atoms with Crippen molar-refractivity contribution in [3.63, 3.8) is 0 Å². The fourth-order valence-corrected chi connectivity index (χ4v) is 1.51. The lowest BCUT2D eigenvalue weighted by atomic mass is 10.1. The van der Waals surface area contributed by atoms with Crippen LogP contribution in [0.4, 0.5) is 0 Å². The van der Waals surface area contributed by atoms with Gasteiger partial charge in [0, 0.05) is 24.8 Å². The van der Waals surface area contributed by atoms with Gasteiger partial charge in [-0.2, -0.15) is 10.2 Å². The molecule has 1 aromatic heterocycles. The van der Waals surface area contributed by atoms with Crippen LogP contribution in [0.3, 0.4) is 0 Å². The van der Waals surface area contributed by atoms with E-state index >= 15 is 0 Å². The monoisotopic (exact) mass is 247 g/mol. The van der Waals surface area contributed by atoms with E-state index in [2.05, 4.69) is 15.5 Å². The van der Waals surface area contributed by atoms with Gasteiger partial charge in [-0.05, 0) is 18.2 Å². The molecular formula is C12H13N3O3. The summed E-state index contributed by atoms with van der Waals surface area (Å²) in [5, 5.41) is 38.8. The van der Waals surface area contributed by atoms with Crippen LogP contribution in [0.1, 0.15) is 11.3 Å². The first-order chi connectivity index (χ1) is 8.68. The van der Waals surface area contributed by atoms with E-state index < -0.39 is 5.75 Å². The van der Waals surface area contributed by atoms with Gasteiger partial charge >= 0.3 is 0 Å². The largest absolute Gasteiger partial charge is 0.504 e. The lowest BCUT2D eigenvalue weighted by Gasteiger charge is -2.08. The highest BCUT2D eigenvalue weighted by Crippen LogP contribution is 2.36. The van der Waals surface area contributed by atoms with Crippen LogP contribution >= 0.6 is 0 Å². The lowest BCUT2D eigenvalue weighted by Crippen LogP contribution is -2.14. The quantitative estimate of drug-likeness (QED) is 0.599. The number of aromatic nitrogens is 2.